The van der Waals surface area contributed by atoms with Crippen molar-refractivity contribution in [2.24, 2.45) is 0 Å². The summed E-state index contributed by atoms with van der Waals surface area (Å²) in [5, 5.41) is 0. The molecule has 0 aliphatic heterocycles. The van der Waals surface area contributed by atoms with Gasteiger partial charge in [0.15, 0.2) is 0 Å². The molecule has 8 rings (SSSR count). The van der Waals surface area contributed by atoms with Gasteiger partial charge in [-0.2, -0.15) is 0 Å². The van der Waals surface area contributed by atoms with Crippen molar-refractivity contribution in [2.75, 3.05) is 0 Å². The van der Waals surface area contributed by atoms with E-state index >= 15 is 0 Å². The van der Waals surface area contributed by atoms with Gasteiger partial charge in [0.1, 0.15) is 0 Å². The smallest absolute Gasteiger partial charge is 0.0397 e. The van der Waals surface area contributed by atoms with Crippen molar-refractivity contribution in [3.8, 4) is 22.3 Å². The van der Waals surface area contributed by atoms with Gasteiger partial charge in [0.25, 0.3) is 0 Å². The standard InChI is InChI=1S/C40H38Si/c1-25-19-35-33(21-29-15-9-17-31(29)39(35)27-11-5-3-6-12-27)37(25)23-41-24-38-26(2)20-36-34(38)22-30-16-10-18-32(30)40(36)28-13-7-4-8-14-28/h3-8,11-14,19-22,37-38H,9-10,15-18,23-24H2,1-2H3. The zero-order valence-electron chi connectivity index (χ0n) is 24.4. The van der Waals surface area contributed by atoms with Gasteiger partial charge in [0.2, 0.25) is 0 Å². The minimum absolute atomic E-state index is 0.571. The molecular formula is C40H38Si. The van der Waals surface area contributed by atoms with Gasteiger partial charge in [-0.25, -0.2) is 0 Å². The van der Waals surface area contributed by atoms with Crippen LogP contribution in [0.25, 0.3) is 34.4 Å². The summed E-state index contributed by atoms with van der Waals surface area (Å²) in [5.74, 6) is 1.14. The van der Waals surface area contributed by atoms with Crippen LogP contribution in [0.5, 0.6) is 0 Å². The summed E-state index contributed by atoms with van der Waals surface area (Å²) in [4.78, 5) is 0. The van der Waals surface area contributed by atoms with E-state index in [-0.39, 0.29) is 0 Å². The first kappa shape index (κ1) is 25.3. The number of aryl methyl sites for hydroxylation is 2. The van der Waals surface area contributed by atoms with E-state index in [1.54, 1.807) is 44.5 Å². The summed E-state index contributed by atoms with van der Waals surface area (Å²) < 4.78 is 0. The second-order valence-corrected chi connectivity index (χ2v) is 14.1. The van der Waals surface area contributed by atoms with Gasteiger partial charge in [-0.05, 0) is 119 Å². The maximum atomic E-state index is 2.61. The Labute approximate surface area is 248 Å². The summed E-state index contributed by atoms with van der Waals surface area (Å²) in [6, 6.07) is 30.1. The molecular weight excluding hydrogens is 509 g/mol. The van der Waals surface area contributed by atoms with Crippen molar-refractivity contribution >= 4 is 21.7 Å². The van der Waals surface area contributed by atoms with E-state index in [1.807, 2.05) is 0 Å². The summed E-state index contributed by atoms with van der Waals surface area (Å²) in [6.45, 7) is 4.78. The van der Waals surface area contributed by atoms with Crippen molar-refractivity contribution in [1.82, 2.24) is 0 Å². The maximum Gasteiger partial charge on any atom is 0.0397 e. The van der Waals surface area contributed by atoms with Gasteiger partial charge in [0.05, 0.1) is 0 Å². The summed E-state index contributed by atoms with van der Waals surface area (Å²) >= 11 is 0. The third kappa shape index (κ3) is 4.16. The molecule has 41 heavy (non-hydrogen) atoms. The van der Waals surface area contributed by atoms with E-state index in [4.69, 9.17) is 0 Å². The predicted molar refractivity (Wildman–Crippen MR) is 176 cm³/mol. The van der Waals surface area contributed by atoms with E-state index in [0.29, 0.717) is 11.8 Å². The zero-order chi connectivity index (χ0) is 27.5. The molecule has 0 nitrogen and oxygen atoms in total. The van der Waals surface area contributed by atoms with Crippen LogP contribution in [0.1, 0.15) is 83.0 Å². The van der Waals surface area contributed by atoms with Crippen molar-refractivity contribution in [1.29, 1.82) is 0 Å². The third-order valence-electron chi connectivity index (χ3n) is 10.4. The lowest BCUT2D eigenvalue weighted by Gasteiger charge is -2.21. The highest BCUT2D eigenvalue weighted by Gasteiger charge is 2.32. The van der Waals surface area contributed by atoms with Gasteiger partial charge < -0.3 is 0 Å². The first-order chi connectivity index (χ1) is 20.2. The van der Waals surface area contributed by atoms with Crippen molar-refractivity contribution in [2.45, 2.75) is 76.3 Å². The average molecular weight is 547 g/mol. The molecule has 2 radical (unpaired) electrons. The lowest BCUT2D eigenvalue weighted by Crippen LogP contribution is -2.08. The minimum Gasteiger partial charge on any atom is -0.0655 e. The fraction of sp³-hybridized carbons (Fsp3) is 0.300. The monoisotopic (exact) mass is 546 g/mol. The van der Waals surface area contributed by atoms with E-state index in [9.17, 15) is 0 Å². The Morgan fingerprint density at radius 1 is 0.585 bits per heavy atom. The Balaban J connectivity index is 1.09. The SMILES string of the molecule is CC1=Cc2c(cc3c(c2-c2ccccc2)CCC3)C1C[Si]CC1C(C)=Cc2c1cc1c(c2-c2ccccc2)CCC1. The lowest BCUT2D eigenvalue weighted by atomic mass is 9.87. The highest BCUT2D eigenvalue weighted by molar-refractivity contribution is 6.36. The van der Waals surface area contributed by atoms with E-state index in [1.165, 1.54) is 84.0 Å². The molecule has 0 fully saturated rings. The molecule has 0 N–H and O–H groups in total. The third-order valence-corrected chi connectivity index (χ3v) is 11.8. The van der Waals surface area contributed by atoms with Crippen LogP contribution >= 0.6 is 0 Å². The van der Waals surface area contributed by atoms with Crippen molar-refractivity contribution in [3.05, 3.63) is 128 Å². The van der Waals surface area contributed by atoms with Crippen LogP contribution in [-0.2, 0) is 25.7 Å². The van der Waals surface area contributed by atoms with Crippen LogP contribution in [0.2, 0.25) is 12.1 Å². The van der Waals surface area contributed by atoms with Crippen LogP contribution < -0.4 is 0 Å². The quantitative estimate of drug-likeness (QED) is 0.211. The Bertz CT molecular complexity index is 1590. The first-order valence-electron chi connectivity index (χ1n) is 15.7. The zero-order valence-corrected chi connectivity index (χ0v) is 25.4. The van der Waals surface area contributed by atoms with Crippen LogP contribution in [-0.4, -0.2) is 9.52 Å². The molecule has 1 heteroatoms. The molecule has 4 aliphatic rings. The largest absolute Gasteiger partial charge is 0.0655 e. The van der Waals surface area contributed by atoms with Gasteiger partial charge in [-0.3, -0.25) is 0 Å². The lowest BCUT2D eigenvalue weighted by molar-refractivity contribution is 0.871. The topological polar surface area (TPSA) is 0 Å². The fourth-order valence-electron chi connectivity index (χ4n) is 8.39. The maximum absolute atomic E-state index is 2.61. The average Bonchev–Trinajstić information content (AvgIpc) is 3.78. The molecule has 4 aromatic rings. The molecule has 2 atom stereocenters. The molecule has 0 heterocycles. The predicted octanol–water partition coefficient (Wildman–Crippen LogP) is 10.2. The first-order valence-corrected chi connectivity index (χ1v) is 17.1. The highest BCUT2D eigenvalue weighted by atomic mass is 28.2. The number of hydrogen-bond donors (Lipinski definition) is 0. The summed E-state index contributed by atoms with van der Waals surface area (Å²) in [6.07, 6.45) is 12.6. The Kier molecular flexibility index (Phi) is 6.26. The molecule has 2 unspecified atom stereocenters. The second kappa shape index (κ2) is 10.1. The van der Waals surface area contributed by atoms with Crippen LogP contribution in [0.15, 0.2) is 83.9 Å². The Hall–Kier alpha value is -3.42. The minimum atomic E-state index is 0.571. The Morgan fingerprint density at radius 2 is 1.02 bits per heavy atom. The van der Waals surface area contributed by atoms with Crippen LogP contribution in [0.3, 0.4) is 0 Å². The highest BCUT2D eigenvalue weighted by Crippen LogP contribution is 2.50. The molecule has 0 saturated heterocycles. The van der Waals surface area contributed by atoms with E-state index in [0.717, 1.165) is 9.52 Å². The number of benzene rings is 4. The van der Waals surface area contributed by atoms with Gasteiger partial charge >= 0.3 is 0 Å². The fourth-order valence-corrected chi connectivity index (χ4v) is 10.2. The Morgan fingerprint density at radius 3 is 1.46 bits per heavy atom. The van der Waals surface area contributed by atoms with Crippen LogP contribution in [0, 0.1) is 0 Å². The van der Waals surface area contributed by atoms with Gasteiger partial charge in [-0.15, -0.1) is 0 Å². The van der Waals surface area contributed by atoms with Crippen molar-refractivity contribution < 1.29 is 0 Å². The molecule has 0 aromatic heterocycles. The van der Waals surface area contributed by atoms with E-state index in [2.05, 4.69) is 98.8 Å². The summed E-state index contributed by atoms with van der Waals surface area (Å²) in [5.41, 5.74) is 21.7. The molecule has 0 amide bonds. The molecule has 0 bridgehead atoms. The molecule has 4 aromatic carbocycles. The number of allylic oxidation sites excluding steroid dienone is 2. The van der Waals surface area contributed by atoms with Gasteiger partial charge in [0, 0.05) is 21.4 Å². The summed E-state index contributed by atoms with van der Waals surface area (Å²) in [7, 11) is 0.962. The van der Waals surface area contributed by atoms with E-state index < -0.39 is 0 Å². The number of rotatable bonds is 6. The molecule has 0 spiro atoms. The second-order valence-electron chi connectivity index (χ2n) is 12.8. The molecule has 202 valence electrons. The molecule has 0 saturated carbocycles. The number of hydrogen-bond acceptors (Lipinski definition) is 0. The van der Waals surface area contributed by atoms with Crippen molar-refractivity contribution in [3.63, 3.8) is 0 Å². The van der Waals surface area contributed by atoms with Gasteiger partial charge in [-0.1, -0.05) is 108 Å². The molecule has 4 aliphatic carbocycles. The normalized spacial score (nSPS) is 20.0. The number of fused-ring (bicyclic) bond motifs is 4. The van der Waals surface area contributed by atoms with Crippen LogP contribution in [0.4, 0.5) is 0 Å².